The molecule has 1 rings (SSSR count). The van der Waals surface area contributed by atoms with Crippen LogP contribution in [0.25, 0.3) is 0 Å². The lowest BCUT2D eigenvalue weighted by Crippen LogP contribution is -2.36. The van der Waals surface area contributed by atoms with E-state index in [1.165, 1.54) is 5.56 Å². The molecular formula is C15H24ClNO. The topological polar surface area (TPSA) is 21.3 Å². The molecule has 0 saturated carbocycles. The predicted molar refractivity (Wildman–Crippen MR) is 78.2 cm³/mol. The van der Waals surface area contributed by atoms with Gasteiger partial charge in [-0.15, -0.1) is 0 Å². The Morgan fingerprint density at radius 3 is 2.28 bits per heavy atom. The smallest absolute Gasteiger partial charge is 0.0637 e. The molecule has 2 unspecified atom stereocenters. The number of nitrogens with one attached hydrogen (secondary N) is 1. The predicted octanol–water partition coefficient (Wildman–Crippen LogP) is 4.19. The standard InChI is InChI=1S/C15H24ClNO/c1-11(10-15(3,4)18-5)17-12(2)13-6-8-14(16)9-7-13/h6-9,11-12,17H,10H2,1-5H3. The molecule has 0 amide bonds. The molecule has 0 aromatic heterocycles. The van der Waals surface area contributed by atoms with Gasteiger partial charge in [0.1, 0.15) is 0 Å². The Bertz CT molecular complexity index is 361. The summed E-state index contributed by atoms with van der Waals surface area (Å²) in [6.45, 7) is 8.57. The third-order valence-electron chi connectivity index (χ3n) is 3.25. The quantitative estimate of drug-likeness (QED) is 0.836. The van der Waals surface area contributed by atoms with Gasteiger partial charge in [0.15, 0.2) is 0 Å². The van der Waals surface area contributed by atoms with Gasteiger partial charge in [0, 0.05) is 24.2 Å². The van der Waals surface area contributed by atoms with Crippen LogP contribution in [-0.4, -0.2) is 18.8 Å². The van der Waals surface area contributed by atoms with E-state index in [0.29, 0.717) is 12.1 Å². The Balaban J connectivity index is 2.54. The van der Waals surface area contributed by atoms with Gasteiger partial charge in [-0.2, -0.15) is 0 Å². The molecule has 0 aliphatic heterocycles. The van der Waals surface area contributed by atoms with Crippen molar-refractivity contribution in [2.45, 2.75) is 51.8 Å². The molecule has 0 saturated heterocycles. The van der Waals surface area contributed by atoms with Crippen LogP contribution < -0.4 is 5.32 Å². The number of hydrogen-bond donors (Lipinski definition) is 1. The minimum absolute atomic E-state index is 0.0911. The van der Waals surface area contributed by atoms with Gasteiger partial charge in [0.2, 0.25) is 0 Å². The highest BCUT2D eigenvalue weighted by Gasteiger charge is 2.21. The van der Waals surface area contributed by atoms with E-state index in [1.807, 2.05) is 12.1 Å². The Hall–Kier alpha value is -0.570. The summed E-state index contributed by atoms with van der Waals surface area (Å²) >= 11 is 5.89. The van der Waals surface area contributed by atoms with Gasteiger partial charge >= 0.3 is 0 Å². The molecule has 0 spiro atoms. The third kappa shape index (κ3) is 4.97. The van der Waals surface area contributed by atoms with Crippen molar-refractivity contribution in [2.75, 3.05) is 7.11 Å². The number of ether oxygens (including phenoxy) is 1. The molecule has 1 aromatic rings. The second-order valence-electron chi connectivity index (χ2n) is 5.51. The normalized spacial score (nSPS) is 15.4. The van der Waals surface area contributed by atoms with Crippen LogP contribution in [-0.2, 0) is 4.74 Å². The Kier molecular flexibility index (Phi) is 5.64. The second kappa shape index (κ2) is 6.55. The first-order valence-electron chi connectivity index (χ1n) is 6.41. The zero-order chi connectivity index (χ0) is 13.8. The van der Waals surface area contributed by atoms with Crippen molar-refractivity contribution in [3.63, 3.8) is 0 Å². The Labute approximate surface area is 116 Å². The maximum atomic E-state index is 5.89. The first-order chi connectivity index (χ1) is 8.34. The highest BCUT2D eigenvalue weighted by Crippen LogP contribution is 2.20. The maximum absolute atomic E-state index is 5.89. The Morgan fingerprint density at radius 1 is 1.22 bits per heavy atom. The molecule has 1 aromatic carbocycles. The van der Waals surface area contributed by atoms with Crippen LogP contribution in [0.15, 0.2) is 24.3 Å². The first kappa shape index (κ1) is 15.5. The van der Waals surface area contributed by atoms with Crippen LogP contribution in [0.1, 0.15) is 45.7 Å². The van der Waals surface area contributed by atoms with Gasteiger partial charge in [-0.1, -0.05) is 23.7 Å². The van der Waals surface area contributed by atoms with E-state index in [-0.39, 0.29) is 5.60 Å². The van der Waals surface area contributed by atoms with Gasteiger partial charge in [0.25, 0.3) is 0 Å². The minimum Gasteiger partial charge on any atom is -0.379 e. The summed E-state index contributed by atoms with van der Waals surface area (Å²) in [5.41, 5.74) is 1.16. The van der Waals surface area contributed by atoms with Crippen LogP contribution in [0, 0.1) is 0 Å². The SMILES string of the molecule is COC(C)(C)CC(C)NC(C)c1ccc(Cl)cc1. The average molecular weight is 270 g/mol. The second-order valence-corrected chi connectivity index (χ2v) is 5.95. The number of benzene rings is 1. The Morgan fingerprint density at radius 2 is 1.78 bits per heavy atom. The van der Waals surface area contributed by atoms with Gasteiger partial charge < -0.3 is 10.1 Å². The lowest BCUT2D eigenvalue weighted by Gasteiger charge is -2.29. The van der Waals surface area contributed by atoms with Gasteiger partial charge in [-0.3, -0.25) is 0 Å². The largest absolute Gasteiger partial charge is 0.379 e. The molecule has 0 fully saturated rings. The summed E-state index contributed by atoms with van der Waals surface area (Å²) in [5, 5.41) is 4.36. The van der Waals surface area contributed by atoms with Crippen LogP contribution in [0.3, 0.4) is 0 Å². The van der Waals surface area contributed by atoms with Crippen molar-refractivity contribution in [1.82, 2.24) is 5.32 Å². The minimum atomic E-state index is -0.0911. The molecule has 1 N–H and O–H groups in total. The molecule has 18 heavy (non-hydrogen) atoms. The van der Waals surface area contributed by atoms with E-state index in [1.54, 1.807) is 7.11 Å². The lowest BCUT2D eigenvalue weighted by atomic mass is 9.98. The summed E-state index contributed by atoms with van der Waals surface area (Å²) in [6, 6.07) is 8.69. The van der Waals surface area contributed by atoms with Crippen LogP contribution in [0.4, 0.5) is 0 Å². The molecule has 0 bridgehead atoms. The fraction of sp³-hybridized carbons (Fsp3) is 0.600. The van der Waals surface area contributed by atoms with Crippen LogP contribution >= 0.6 is 11.6 Å². The van der Waals surface area contributed by atoms with E-state index in [9.17, 15) is 0 Å². The fourth-order valence-corrected chi connectivity index (χ4v) is 2.28. The molecule has 0 heterocycles. The average Bonchev–Trinajstić information content (AvgIpc) is 2.29. The monoisotopic (exact) mass is 269 g/mol. The lowest BCUT2D eigenvalue weighted by molar-refractivity contribution is 0.00782. The third-order valence-corrected chi connectivity index (χ3v) is 3.51. The maximum Gasteiger partial charge on any atom is 0.0637 e. The van der Waals surface area contributed by atoms with Crippen molar-refractivity contribution in [3.8, 4) is 0 Å². The van der Waals surface area contributed by atoms with Gasteiger partial charge in [-0.05, 0) is 51.8 Å². The van der Waals surface area contributed by atoms with E-state index >= 15 is 0 Å². The van der Waals surface area contributed by atoms with Crippen LogP contribution in [0.2, 0.25) is 5.02 Å². The molecule has 3 heteroatoms. The molecular weight excluding hydrogens is 246 g/mol. The molecule has 2 nitrogen and oxygen atoms in total. The highest BCUT2D eigenvalue weighted by molar-refractivity contribution is 6.30. The molecule has 0 aliphatic rings. The van der Waals surface area contributed by atoms with E-state index in [4.69, 9.17) is 16.3 Å². The zero-order valence-corrected chi connectivity index (χ0v) is 12.7. The van der Waals surface area contributed by atoms with Crippen molar-refractivity contribution in [2.24, 2.45) is 0 Å². The number of hydrogen-bond acceptors (Lipinski definition) is 2. The fourth-order valence-electron chi connectivity index (χ4n) is 2.15. The highest BCUT2D eigenvalue weighted by atomic mass is 35.5. The summed E-state index contributed by atoms with van der Waals surface area (Å²) in [6.07, 6.45) is 0.974. The van der Waals surface area contributed by atoms with Crippen molar-refractivity contribution in [3.05, 3.63) is 34.9 Å². The number of rotatable bonds is 6. The summed E-state index contributed by atoms with van der Waals surface area (Å²) in [4.78, 5) is 0. The van der Waals surface area contributed by atoms with E-state index < -0.39 is 0 Å². The van der Waals surface area contributed by atoms with Crippen LogP contribution in [0.5, 0.6) is 0 Å². The molecule has 102 valence electrons. The van der Waals surface area contributed by atoms with Crippen molar-refractivity contribution < 1.29 is 4.74 Å². The van der Waals surface area contributed by atoms with Crippen molar-refractivity contribution >= 4 is 11.6 Å². The van der Waals surface area contributed by atoms with Crippen molar-refractivity contribution in [1.29, 1.82) is 0 Å². The number of methoxy groups -OCH3 is 1. The number of halogens is 1. The molecule has 0 aliphatic carbocycles. The summed E-state index contributed by atoms with van der Waals surface area (Å²) < 4.78 is 5.45. The first-order valence-corrected chi connectivity index (χ1v) is 6.78. The van der Waals surface area contributed by atoms with Gasteiger partial charge in [0.05, 0.1) is 5.60 Å². The van der Waals surface area contributed by atoms with Gasteiger partial charge in [-0.25, -0.2) is 0 Å². The summed E-state index contributed by atoms with van der Waals surface area (Å²) in [7, 11) is 1.76. The summed E-state index contributed by atoms with van der Waals surface area (Å²) in [5.74, 6) is 0. The molecule has 2 atom stereocenters. The van der Waals surface area contributed by atoms with E-state index in [2.05, 4.69) is 45.1 Å². The van der Waals surface area contributed by atoms with E-state index in [0.717, 1.165) is 11.4 Å². The zero-order valence-electron chi connectivity index (χ0n) is 12.0. The molecule has 0 radical (unpaired) electrons.